The maximum Gasteiger partial charge on any atom is 0.324 e. The Bertz CT molecular complexity index is 1050. The lowest BCUT2D eigenvalue weighted by Crippen LogP contribution is -2.66. The second kappa shape index (κ2) is 9.48. The number of nitrogens with zero attached hydrogens (tertiary/aromatic N) is 3. The predicted octanol–water partition coefficient (Wildman–Crippen LogP) is 2.55. The maximum absolute atomic E-state index is 13.8. The van der Waals surface area contributed by atoms with E-state index in [1.54, 1.807) is 0 Å². The summed E-state index contributed by atoms with van der Waals surface area (Å²) < 4.78 is 0. The van der Waals surface area contributed by atoms with Gasteiger partial charge in [-0.2, -0.15) is 0 Å². The van der Waals surface area contributed by atoms with Gasteiger partial charge in [-0.25, -0.2) is 0 Å². The quantitative estimate of drug-likeness (QED) is 0.513. The number of thiophene rings is 1. The van der Waals surface area contributed by atoms with Gasteiger partial charge in [0.05, 0.1) is 9.80 Å². The number of piperidine rings is 1. The molecule has 2 aromatic rings. The summed E-state index contributed by atoms with van der Waals surface area (Å²) in [6.07, 6.45) is 0.967. The molecule has 0 bridgehead atoms. The van der Waals surface area contributed by atoms with E-state index in [9.17, 15) is 19.7 Å². The number of amides is 2. The van der Waals surface area contributed by atoms with Crippen LogP contribution >= 0.6 is 11.3 Å². The van der Waals surface area contributed by atoms with Crippen molar-refractivity contribution in [2.24, 2.45) is 0 Å². The van der Waals surface area contributed by atoms with E-state index < -0.39 is 16.4 Å². The molecule has 176 valence electrons. The number of hydrogen-bond donors (Lipinski definition) is 2. The Morgan fingerprint density at radius 2 is 1.97 bits per heavy atom. The zero-order chi connectivity index (χ0) is 23.6. The Labute approximate surface area is 196 Å². The first kappa shape index (κ1) is 23.2. The molecule has 33 heavy (non-hydrogen) atoms. The number of rotatable bonds is 5. The molecule has 0 aliphatic carbocycles. The number of carbonyl (C=O) groups excluding carboxylic acids is 2. The fraction of sp³-hybridized carbons (Fsp3) is 0.478. The molecule has 2 aliphatic heterocycles. The summed E-state index contributed by atoms with van der Waals surface area (Å²) in [6.45, 7) is 7.29. The van der Waals surface area contributed by atoms with E-state index in [2.05, 4.69) is 47.6 Å². The van der Waals surface area contributed by atoms with Crippen LogP contribution in [0.25, 0.3) is 0 Å². The molecular formula is C23H29N5O4S. The standard InChI is InChI=1S/C23H29N5O4S/c1-16-4-3-5-18(14-16)27-13-12-26(15-17(27)2)22(30)23(8-10-24-11-9-23)25-21(29)19-6-7-20(33-19)28(31)32/h3-7,14,17,24H,8-13,15H2,1-2H3,(H,25,29). The maximum atomic E-state index is 13.8. The van der Waals surface area contributed by atoms with Crippen molar-refractivity contribution in [1.82, 2.24) is 15.5 Å². The summed E-state index contributed by atoms with van der Waals surface area (Å²) in [7, 11) is 0. The van der Waals surface area contributed by atoms with Gasteiger partial charge < -0.3 is 20.4 Å². The van der Waals surface area contributed by atoms with Crippen molar-refractivity contribution >= 4 is 33.8 Å². The highest BCUT2D eigenvalue weighted by Crippen LogP contribution is 2.28. The molecule has 0 saturated carbocycles. The molecule has 1 atom stereocenters. The van der Waals surface area contributed by atoms with Gasteiger partial charge in [-0.1, -0.05) is 23.5 Å². The molecule has 4 rings (SSSR count). The third-order valence-electron chi connectivity index (χ3n) is 6.46. The van der Waals surface area contributed by atoms with Crippen LogP contribution < -0.4 is 15.5 Å². The number of nitro groups is 1. The van der Waals surface area contributed by atoms with Gasteiger partial charge in [0, 0.05) is 37.4 Å². The van der Waals surface area contributed by atoms with Crippen molar-refractivity contribution in [3.05, 3.63) is 57.0 Å². The number of carbonyl (C=O) groups is 2. The molecule has 2 N–H and O–H groups in total. The second-order valence-corrected chi connectivity index (χ2v) is 9.88. The van der Waals surface area contributed by atoms with Gasteiger partial charge in [0.15, 0.2) is 0 Å². The van der Waals surface area contributed by atoms with Crippen LogP contribution in [0.1, 0.15) is 35.0 Å². The Hall–Kier alpha value is -2.98. The second-order valence-electron chi connectivity index (χ2n) is 8.81. The topological polar surface area (TPSA) is 108 Å². The predicted molar refractivity (Wildman–Crippen MR) is 128 cm³/mol. The first-order valence-corrected chi connectivity index (χ1v) is 12.0. The zero-order valence-electron chi connectivity index (χ0n) is 18.9. The number of aryl methyl sites for hydroxylation is 1. The Kier molecular flexibility index (Phi) is 6.66. The first-order valence-electron chi connectivity index (χ1n) is 11.2. The summed E-state index contributed by atoms with van der Waals surface area (Å²) in [4.78, 5) is 41.6. The van der Waals surface area contributed by atoms with E-state index in [0.717, 1.165) is 23.6 Å². The zero-order valence-corrected chi connectivity index (χ0v) is 19.7. The number of hydrogen-bond acceptors (Lipinski definition) is 7. The van der Waals surface area contributed by atoms with Gasteiger partial charge in [-0.15, -0.1) is 0 Å². The summed E-state index contributed by atoms with van der Waals surface area (Å²) in [5.41, 5.74) is 1.34. The third kappa shape index (κ3) is 4.86. The molecule has 9 nitrogen and oxygen atoms in total. The largest absolute Gasteiger partial charge is 0.365 e. The number of anilines is 1. The van der Waals surface area contributed by atoms with Gasteiger partial charge in [-0.3, -0.25) is 19.7 Å². The van der Waals surface area contributed by atoms with Crippen molar-refractivity contribution in [3.8, 4) is 0 Å². The van der Waals surface area contributed by atoms with Crippen LogP contribution in [0.3, 0.4) is 0 Å². The highest BCUT2D eigenvalue weighted by Gasteiger charge is 2.45. The van der Waals surface area contributed by atoms with Gasteiger partial charge >= 0.3 is 5.00 Å². The van der Waals surface area contributed by atoms with Gasteiger partial charge in [0.25, 0.3) is 5.91 Å². The summed E-state index contributed by atoms with van der Waals surface area (Å²) in [6, 6.07) is 11.3. The van der Waals surface area contributed by atoms with Crippen LogP contribution in [0.4, 0.5) is 10.7 Å². The smallest absolute Gasteiger partial charge is 0.324 e. The molecule has 0 radical (unpaired) electrons. The lowest BCUT2D eigenvalue weighted by molar-refractivity contribution is -0.380. The average molecular weight is 472 g/mol. The van der Waals surface area contributed by atoms with Crippen molar-refractivity contribution < 1.29 is 14.5 Å². The number of nitrogens with one attached hydrogen (secondary N) is 2. The van der Waals surface area contributed by atoms with Gasteiger partial charge in [0.2, 0.25) is 5.91 Å². The summed E-state index contributed by atoms with van der Waals surface area (Å²) in [5, 5.41) is 17.1. The molecule has 3 heterocycles. The molecule has 1 unspecified atom stereocenters. The minimum absolute atomic E-state index is 0.0702. The van der Waals surface area contributed by atoms with E-state index in [4.69, 9.17) is 0 Å². The Balaban J connectivity index is 1.49. The minimum atomic E-state index is -1.01. The highest BCUT2D eigenvalue weighted by molar-refractivity contribution is 7.17. The number of piperazine rings is 1. The molecule has 10 heteroatoms. The molecule has 1 aromatic carbocycles. The van der Waals surface area contributed by atoms with Crippen molar-refractivity contribution in [1.29, 1.82) is 0 Å². The number of benzene rings is 1. The lowest BCUT2D eigenvalue weighted by atomic mass is 9.86. The minimum Gasteiger partial charge on any atom is -0.365 e. The average Bonchev–Trinajstić information content (AvgIpc) is 3.30. The highest BCUT2D eigenvalue weighted by atomic mass is 32.1. The van der Waals surface area contributed by atoms with E-state index in [1.807, 2.05) is 11.0 Å². The summed E-state index contributed by atoms with van der Waals surface area (Å²) in [5.74, 6) is -0.506. The van der Waals surface area contributed by atoms with Crippen LogP contribution in [-0.4, -0.2) is 65.9 Å². The molecular weight excluding hydrogens is 442 g/mol. The van der Waals surface area contributed by atoms with Crippen LogP contribution in [-0.2, 0) is 4.79 Å². The SMILES string of the molecule is Cc1cccc(N2CCN(C(=O)C3(NC(=O)c4ccc([N+](=O)[O-])s4)CCNCC3)CC2C)c1. The van der Waals surface area contributed by atoms with Crippen LogP contribution in [0.2, 0.25) is 0 Å². The Morgan fingerprint density at radius 1 is 1.21 bits per heavy atom. The van der Waals surface area contributed by atoms with Crippen LogP contribution in [0.5, 0.6) is 0 Å². The molecule has 2 fully saturated rings. The fourth-order valence-electron chi connectivity index (χ4n) is 4.71. The third-order valence-corrected chi connectivity index (χ3v) is 7.50. The van der Waals surface area contributed by atoms with Gasteiger partial charge in [0.1, 0.15) is 5.54 Å². The molecule has 2 saturated heterocycles. The molecule has 1 aromatic heterocycles. The van der Waals surface area contributed by atoms with E-state index in [-0.39, 0.29) is 21.8 Å². The molecule has 2 aliphatic rings. The fourth-order valence-corrected chi connectivity index (χ4v) is 5.42. The lowest BCUT2D eigenvalue weighted by Gasteiger charge is -2.46. The van der Waals surface area contributed by atoms with Crippen molar-refractivity contribution in [3.63, 3.8) is 0 Å². The molecule has 2 amide bonds. The van der Waals surface area contributed by atoms with E-state index in [1.165, 1.54) is 17.7 Å². The van der Waals surface area contributed by atoms with Crippen molar-refractivity contribution in [2.45, 2.75) is 38.3 Å². The van der Waals surface area contributed by atoms with E-state index >= 15 is 0 Å². The monoisotopic (exact) mass is 471 g/mol. The molecule has 0 spiro atoms. The summed E-state index contributed by atoms with van der Waals surface area (Å²) >= 11 is 0.825. The van der Waals surface area contributed by atoms with Crippen LogP contribution in [0.15, 0.2) is 36.4 Å². The first-order chi connectivity index (χ1) is 15.8. The van der Waals surface area contributed by atoms with Gasteiger partial charge in [-0.05, 0) is 63.5 Å². The van der Waals surface area contributed by atoms with Crippen LogP contribution in [0, 0.1) is 17.0 Å². The van der Waals surface area contributed by atoms with Crippen molar-refractivity contribution in [2.75, 3.05) is 37.6 Å². The normalized spacial score (nSPS) is 20.4. The Morgan fingerprint density at radius 3 is 2.61 bits per heavy atom. The van der Waals surface area contributed by atoms with E-state index in [0.29, 0.717) is 39.0 Å².